The molecule has 0 aliphatic carbocycles. The zero-order valence-corrected chi connectivity index (χ0v) is 12.4. The Balaban J connectivity index is 2.20. The third-order valence-corrected chi connectivity index (χ3v) is 4.32. The molecule has 0 heterocycles. The maximum absolute atomic E-state index is 5.99. The first kappa shape index (κ1) is 12.3. The van der Waals surface area contributed by atoms with Crippen molar-refractivity contribution in [2.24, 2.45) is 0 Å². The minimum absolute atomic E-state index is 0.826. The van der Waals surface area contributed by atoms with Crippen LogP contribution in [0.5, 0.6) is 0 Å². The Hall–Kier alpha value is -0.190. The molecule has 0 amide bonds. The van der Waals surface area contributed by atoms with Crippen molar-refractivity contribution in [3.63, 3.8) is 0 Å². The molecule has 3 heteroatoms. The molecule has 16 heavy (non-hydrogen) atoms. The van der Waals surface area contributed by atoms with E-state index in [-0.39, 0.29) is 0 Å². The highest BCUT2D eigenvalue weighted by molar-refractivity contribution is 14.1. The summed E-state index contributed by atoms with van der Waals surface area (Å²) in [4.78, 5) is 2.48. The van der Waals surface area contributed by atoms with Crippen molar-refractivity contribution in [3.05, 3.63) is 56.6 Å². The van der Waals surface area contributed by atoms with Gasteiger partial charge in [-0.05, 0) is 77.5 Å². The number of hydrogen-bond acceptors (Lipinski definition) is 1. The average Bonchev–Trinajstić information content (AvgIpc) is 2.27. The molecule has 0 fully saturated rings. The van der Waals surface area contributed by atoms with Gasteiger partial charge in [-0.25, -0.2) is 0 Å². The molecule has 0 aromatic heterocycles. The second-order valence-corrected chi connectivity index (χ2v) is 6.27. The molecule has 0 radical (unpaired) electrons. The fourth-order valence-electron chi connectivity index (χ4n) is 1.32. The van der Waals surface area contributed by atoms with E-state index in [0.717, 1.165) is 10.6 Å². The lowest BCUT2D eigenvalue weighted by Gasteiger charge is -2.04. The van der Waals surface area contributed by atoms with Crippen molar-refractivity contribution in [2.75, 3.05) is 0 Å². The summed E-state index contributed by atoms with van der Waals surface area (Å²) in [5.41, 5.74) is 1.12. The Bertz CT molecular complexity index is 494. The van der Waals surface area contributed by atoms with E-state index in [1.165, 1.54) is 13.4 Å². The quantitative estimate of drug-likeness (QED) is 0.646. The van der Waals surface area contributed by atoms with Crippen molar-refractivity contribution in [2.45, 2.75) is 16.7 Å². The lowest BCUT2D eigenvalue weighted by atomic mass is 10.2. The van der Waals surface area contributed by atoms with Crippen LogP contribution in [-0.4, -0.2) is 0 Å². The lowest BCUT2D eigenvalue weighted by molar-refractivity contribution is 1.34. The highest BCUT2D eigenvalue weighted by Crippen LogP contribution is 2.30. The number of aryl methyl sites for hydroxylation is 1. The van der Waals surface area contributed by atoms with Crippen LogP contribution in [0.1, 0.15) is 5.56 Å². The average molecular weight is 361 g/mol. The molecule has 0 bridgehead atoms. The molecule has 0 atom stereocenters. The van der Waals surface area contributed by atoms with Crippen molar-refractivity contribution in [1.29, 1.82) is 0 Å². The Morgan fingerprint density at radius 2 is 1.62 bits per heavy atom. The smallest absolute Gasteiger partial charge is 0.0435 e. The van der Waals surface area contributed by atoms with E-state index in [9.17, 15) is 0 Å². The number of halogens is 2. The third-order valence-electron chi connectivity index (χ3n) is 2.18. The van der Waals surface area contributed by atoms with Crippen LogP contribution in [0.3, 0.4) is 0 Å². The summed E-state index contributed by atoms with van der Waals surface area (Å²) in [6, 6.07) is 14.6. The van der Waals surface area contributed by atoms with Gasteiger partial charge in [-0.2, -0.15) is 0 Å². The van der Waals surface area contributed by atoms with E-state index >= 15 is 0 Å². The Kier molecular flexibility index (Phi) is 4.16. The molecule has 0 saturated carbocycles. The van der Waals surface area contributed by atoms with Gasteiger partial charge in [0.25, 0.3) is 0 Å². The van der Waals surface area contributed by atoms with Gasteiger partial charge in [0.2, 0.25) is 0 Å². The first-order valence-corrected chi connectivity index (χ1v) is 7.12. The predicted molar refractivity (Wildman–Crippen MR) is 79.5 cm³/mol. The van der Waals surface area contributed by atoms with E-state index < -0.39 is 0 Å². The van der Waals surface area contributed by atoms with Crippen LogP contribution in [0.25, 0.3) is 0 Å². The summed E-state index contributed by atoms with van der Waals surface area (Å²) in [5, 5.41) is 0.826. The van der Waals surface area contributed by atoms with E-state index in [0.29, 0.717) is 0 Å². The fourth-order valence-corrected chi connectivity index (χ4v) is 2.71. The van der Waals surface area contributed by atoms with Gasteiger partial charge in [-0.3, -0.25) is 0 Å². The molecule has 2 aromatic carbocycles. The molecule has 0 aliphatic heterocycles. The molecule has 82 valence electrons. The van der Waals surface area contributed by atoms with Crippen LogP contribution in [0.4, 0.5) is 0 Å². The molecule has 0 unspecified atom stereocenters. The standard InChI is InChI=1S/C13H10ClIS/c1-9-8-12(6-7-13(9)14)16-11-4-2-10(15)3-5-11/h2-8H,1H3. The second kappa shape index (κ2) is 5.43. The van der Waals surface area contributed by atoms with Gasteiger partial charge in [0, 0.05) is 18.4 Å². The minimum atomic E-state index is 0.826. The maximum atomic E-state index is 5.99. The normalized spacial score (nSPS) is 10.4. The van der Waals surface area contributed by atoms with Crippen LogP contribution in [0, 0.1) is 10.5 Å². The molecule has 0 spiro atoms. The van der Waals surface area contributed by atoms with Crippen molar-refractivity contribution in [1.82, 2.24) is 0 Å². The van der Waals surface area contributed by atoms with Crippen LogP contribution in [-0.2, 0) is 0 Å². The van der Waals surface area contributed by atoms with Gasteiger partial charge in [0.1, 0.15) is 0 Å². The monoisotopic (exact) mass is 360 g/mol. The summed E-state index contributed by atoms with van der Waals surface area (Å²) in [7, 11) is 0. The van der Waals surface area contributed by atoms with E-state index in [1.54, 1.807) is 11.8 Å². The first-order chi connectivity index (χ1) is 7.65. The molecule has 0 saturated heterocycles. The molecule has 2 aromatic rings. The zero-order valence-electron chi connectivity index (χ0n) is 8.71. The van der Waals surface area contributed by atoms with Crippen molar-refractivity contribution < 1.29 is 0 Å². The summed E-state index contributed by atoms with van der Waals surface area (Å²) in [6.07, 6.45) is 0. The van der Waals surface area contributed by atoms with Gasteiger partial charge in [-0.1, -0.05) is 23.4 Å². The summed E-state index contributed by atoms with van der Waals surface area (Å²) >= 11 is 10.1. The van der Waals surface area contributed by atoms with Crippen molar-refractivity contribution in [3.8, 4) is 0 Å². The van der Waals surface area contributed by atoms with Crippen molar-refractivity contribution >= 4 is 46.0 Å². The molecular formula is C13H10ClIS. The summed E-state index contributed by atoms with van der Waals surface area (Å²) < 4.78 is 1.26. The SMILES string of the molecule is Cc1cc(Sc2ccc(I)cc2)ccc1Cl. The molecule has 2 rings (SSSR count). The lowest BCUT2D eigenvalue weighted by Crippen LogP contribution is -1.78. The summed E-state index contributed by atoms with van der Waals surface area (Å²) in [6.45, 7) is 2.03. The third kappa shape index (κ3) is 3.15. The van der Waals surface area contributed by atoms with Crippen LogP contribution in [0.2, 0.25) is 5.02 Å². The van der Waals surface area contributed by atoms with Gasteiger partial charge in [-0.15, -0.1) is 0 Å². The van der Waals surface area contributed by atoms with Gasteiger partial charge < -0.3 is 0 Å². The Morgan fingerprint density at radius 1 is 1.00 bits per heavy atom. The fraction of sp³-hybridized carbons (Fsp3) is 0.0769. The highest BCUT2D eigenvalue weighted by Gasteiger charge is 2.00. The number of rotatable bonds is 2. The largest absolute Gasteiger partial charge is 0.0901 e. The van der Waals surface area contributed by atoms with Crippen LogP contribution < -0.4 is 0 Å². The van der Waals surface area contributed by atoms with Crippen LogP contribution >= 0.6 is 46.0 Å². The first-order valence-electron chi connectivity index (χ1n) is 4.85. The molecule has 0 nitrogen and oxygen atoms in total. The number of benzene rings is 2. The predicted octanol–water partition coefficient (Wildman–Crippen LogP) is 5.40. The second-order valence-electron chi connectivity index (χ2n) is 3.47. The van der Waals surface area contributed by atoms with Gasteiger partial charge in [0.15, 0.2) is 0 Å². The highest BCUT2D eigenvalue weighted by atomic mass is 127. The minimum Gasteiger partial charge on any atom is -0.0901 e. The van der Waals surface area contributed by atoms with E-state index in [4.69, 9.17) is 11.6 Å². The van der Waals surface area contributed by atoms with Gasteiger partial charge >= 0.3 is 0 Å². The maximum Gasteiger partial charge on any atom is 0.0435 e. The van der Waals surface area contributed by atoms with E-state index in [1.807, 2.05) is 13.0 Å². The Labute approximate surface area is 119 Å². The summed E-state index contributed by atoms with van der Waals surface area (Å²) in [5.74, 6) is 0. The molecule has 0 N–H and O–H groups in total. The molecule has 0 aliphatic rings. The van der Waals surface area contributed by atoms with E-state index in [2.05, 4.69) is 59.0 Å². The molecular weight excluding hydrogens is 351 g/mol. The topological polar surface area (TPSA) is 0 Å². The van der Waals surface area contributed by atoms with Gasteiger partial charge in [0.05, 0.1) is 0 Å². The van der Waals surface area contributed by atoms with Crippen LogP contribution in [0.15, 0.2) is 52.3 Å². The number of hydrogen-bond donors (Lipinski definition) is 0. The Morgan fingerprint density at radius 3 is 2.25 bits per heavy atom. The zero-order chi connectivity index (χ0) is 11.5.